The lowest BCUT2D eigenvalue weighted by atomic mass is 10.2. The van der Waals surface area contributed by atoms with Gasteiger partial charge in [0, 0.05) is 19.4 Å². The molecule has 0 N–H and O–H groups in total. The number of rotatable bonds is 5. The lowest BCUT2D eigenvalue weighted by molar-refractivity contribution is -0.922. The lowest BCUT2D eigenvalue weighted by Crippen LogP contribution is -2.51. The monoisotopic (exact) mass is 186 g/mol. The van der Waals surface area contributed by atoms with E-state index in [9.17, 15) is 0 Å². The van der Waals surface area contributed by atoms with Crippen LogP contribution in [0.4, 0.5) is 0 Å². The molecule has 1 saturated heterocycles. The second-order valence-electron chi connectivity index (χ2n) is 4.36. The molecule has 0 radical (unpaired) electrons. The Morgan fingerprint density at radius 3 is 2.31 bits per heavy atom. The first kappa shape index (κ1) is 11.0. The van der Waals surface area contributed by atoms with E-state index in [4.69, 9.17) is 4.74 Å². The second-order valence-corrected chi connectivity index (χ2v) is 4.36. The number of hydrogen-bond acceptors (Lipinski definition) is 1. The average Bonchev–Trinajstić information content (AvgIpc) is 2.54. The Morgan fingerprint density at radius 1 is 1.23 bits per heavy atom. The van der Waals surface area contributed by atoms with Crippen molar-refractivity contribution in [2.45, 2.75) is 39.2 Å². The molecule has 1 heterocycles. The van der Waals surface area contributed by atoms with Crippen molar-refractivity contribution >= 4 is 0 Å². The zero-order chi connectivity index (χ0) is 9.73. The molecule has 1 atom stereocenters. The van der Waals surface area contributed by atoms with Crippen LogP contribution in [0.15, 0.2) is 0 Å². The van der Waals surface area contributed by atoms with Crippen LogP contribution in [0.2, 0.25) is 0 Å². The van der Waals surface area contributed by atoms with E-state index in [0.29, 0.717) is 0 Å². The minimum atomic E-state index is 0.724. The van der Waals surface area contributed by atoms with Crippen LogP contribution in [0.25, 0.3) is 0 Å². The Balaban J connectivity index is 2.43. The van der Waals surface area contributed by atoms with E-state index in [1.807, 2.05) is 0 Å². The topological polar surface area (TPSA) is 9.23 Å². The summed E-state index contributed by atoms with van der Waals surface area (Å²) in [6, 6.07) is 0.724. The molecule has 0 aromatic heterocycles. The third-order valence-electron chi connectivity index (χ3n) is 3.46. The van der Waals surface area contributed by atoms with Crippen molar-refractivity contribution in [3.8, 4) is 0 Å². The summed E-state index contributed by atoms with van der Waals surface area (Å²) in [7, 11) is 2.39. The molecule has 0 unspecified atom stereocenters. The summed E-state index contributed by atoms with van der Waals surface area (Å²) >= 11 is 0. The van der Waals surface area contributed by atoms with Crippen LogP contribution in [0.1, 0.15) is 33.1 Å². The van der Waals surface area contributed by atoms with Crippen LogP contribution in [0, 0.1) is 0 Å². The molecular formula is C11H24NO+. The Kier molecular flexibility index (Phi) is 4.20. The van der Waals surface area contributed by atoms with E-state index in [2.05, 4.69) is 20.9 Å². The van der Waals surface area contributed by atoms with E-state index >= 15 is 0 Å². The number of quaternary nitrogens is 1. The molecule has 2 heteroatoms. The maximum atomic E-state index is 5.55. The molecule has 0 spiro atoms. The van der Waals surface area contributed by atoms with Crippen molar-refractivity contribution in [2.75, 3.05) is 33.4 Å². The van der Waals surface area contributed by atoms with Gasteiger partial charge in [0.25, 0.3) is 0 Å². The number of likely N-dealkylation sites (N-methyl/N-ethyl adjacent to an activating group) is 1. The molecule has 1 rings (SSSR count). The smallest absolute Gasteiger partial charge is 0.112 e. The number of likely N-dealkylation sites (tertiary alicyclic amines) is 1. The Hall–Kier alpha value is -0.0800. The largest absolute Gasteiger partial charge is 0.376 e. The predicted molar refractivity (Wildman–Crippen MR) is 55.7 cm³/mol. The number of ether oxygens (including phenoxy) is 1. The maximum Gasteiger partial charge on any atom is 0.112 e. The molecular weight excluding hydrogens is 162 g/mol. The van der Waals surface area contributed by atoms with Gasteiger partial charge in [-0.3, -0.25) is 0 Å². The summed E-state index contributed by atoms with van der Waals surface area (Å²) in [6.07, 6.45) is 4.05. The predicted octanol–water partition coefficient (Wildman–Crippen LogP) is 2.04. The molecule has 1 aliphatic rings. The molecule has 0 aromatic rings. The molecule has 2 nitrogen and oxygen atoms in total. The molecule has 0 aliphatic carbocycles. The Morgan fingerprint density at radius 2 is 1.85 bits per heavy atom. The van der Waals surface area contributed by atoms with Crippen LogP contribution in [0.5, 0.6) is 0 Å². The minimum Gasteiger partial charge on any atom is -0.376 e. The Bertz CT molecular complexity index is 141. The summed E-state index contributed by atoms with van der Waals surface area (Å²) < 4.78 is 6.80. The first-order valence-corrected chi connectivity index (χ1v) is 5.65. The highest BCUT2D eigenvalue weighted by Crippen LogP contribution is 2.22. The first-order chi connectivity index (χ1) is 6.23. The van der Waals surface area contributed by atoms with Crippen LogP contribution in [0.3, 0.4) is 0 Å². The molecule has 13 heavy (non-hydrogen) atoms. The van der Waals surface area contributed by atoms with E-state index in [1.165, 1.54) is 36.8 Å². The molecule has 0 bridgehead atoms. The van der Waals surface area contributed by atoms with Crippen LogP contribution >= 0.6 is 0 Å². The quantitative estimate of drug-likeness (QED) is 0.597. The summed E-state index contributed by atoms with van der Waals surface area (Å²) in [4.78, 5) is 0. The van der Waals surface area contributed by atoms with Crippen molar-refractivity contribution in [2.24, 2.45) is 0 Å². The van der Waals surface area contributed by atoms with Crippen molar-refractivity contribution in [3.05, 3.63) is 0 Å². The van der Waals surface area contributed by atoms with Gasteiger partial charge in [-0.1, -0.05) is 6.92 Å². The van der Waals surface area contributed by atoms with Gasteiger partial charge in [0.15, 0.2) is 0 Å². The highest BCUT2D eigenvalue weighted by atomic mass is 16.5. The van der Waals surface area contributed by atoms with Crippen LogP contribution in [-0.4, -0.2) is 43.9 Å². The number of nitrogens with zero attached hydrogens (tertiary/aromatic N) is 1. The molecule has 0 amide bonds. The fraction of sp³-hybridized carbons (Fsp3) is 1.00. The molecule has 0 aromatic carbocycles. The van der Waals surface area contributed by atoms with Crippen LogP contribution < -0.4 is 0 Å². The number of hydrogen-bond donors (Lipinski definition) is 0. The third-order valence-corrected chi connectivity index (χ3v) is 3.46. The van der Waals surface area contributed by atoms with Gasteiger partial charge < -0.3 is 9.22 Å². The van der Waals surface area contributed by atoms with Gasteiger partial charge in [-0.05, 0) is 13.3 Å². The summed E-state index contributed by atoms with van der Waals surface area (Å²) in [5.41, 5.74) is 0. The van der Waals surface area contributed by atoms with Gasteiger partial charge in [0.05, 0.1) is 26.7 Å². The highest BCUT2D eigenvalue weighted by molar-refractivity contribution is 4.61. The summed E-state index contributed by atoms with van der Waals surface area (Å²) in [6.45, 7) is 8.87. The van der Waals surface area contributed by atoms with Gasteiger partial charge in [0.2, 0.25) is 0 Å². The maximum absolute atomic E-state index is 5.55. The fourth-order valence-corrected chi connectivity index (χ4v) is 2.42. The van der Waals surface area contributed by atoms with Gasteiger partial charge in [-0.25, -0.2) is 0 Å². The zero-order valence-electron chi connectivity index (χ0n) is 9.38. The molecule has 78 valence electrons. The molecule has 0 saturated carbocycles. The SMILES string of the molecule is CCOC[C@H](CC)[N+]1(C)CCCC1. The minimum absolute atomic E-state index is 0.724. The third kappa shape index (κ3) is 2.68. The highest BCUT2D eigenvalue weighted by Gasteiger charge is 2.34. The summed E-state index contributed by atoms with van der Waals surface area (Å²) in [5, 5.41) is 0. The van der Waals surface area contributed by atoms with Crippen molar-refractivity contribution in [3.63, 3.8) is 0 Å². The van der Waals surface area contributed by atoms with E-state index < -0.39 is 0 Å². The van der Waals surface area contributed by atoms with Gasteiger partial charge in [-0.2, -0.15) is 0 Å². The zero-order valence-corrected chi connectivity index (χ0v) is 9.38. The van der Waals surface area contributed by atoms with E-state index in [1.54, 1.807) is 0 Å². The molecule has 1 aliphatic heterocycles. The normalized spacial score (nSPS) is 23.3. The van der Waals surface area contributed by atoms with Gasteiger partial charge in [0.1, 0.15) is 6.04 Å². The lowest BCUT2D eigenvalue weighted by Gasteiger charge is -2.37. The van der Waals surface area contributed by atoms with E-state index in [0.717, 1.165) is 19.3 Å². The van der Waals surface area contributed by atoms with Crippen molar-refractivity contribution < 1.29 is 9.22 Å². The Labute approximate surface area is 82.5 Å². The van der Waals surface area contributed by atoms with Crippen molar-refractivity contribution in [1.82, 2.24) is 0 Å². The average molecular weight is 186 g/mol. The van der Waals surface area contributed by atoms with Crippen LogP contribution in [-0.2, 0) is 4.74 Å². The summed E-state index contributed by atoms with van der Waals surface area (Å²) in [5.74, 6) is 0. The molecule has 1 fully saturated rings. The fourth-order valence-electron chi connectivity index (χ4n) is 2.42. The standard InChI is InChI=1S/C11H24NO/c1-4-11(10-13-5-2)12(3)8-6-7-9-12/h11H,4-10H2,1-3H3/q+1/t11-/m0/s1. The second kappa shape index (κ2) is 4.97. The van der Waals surface area contributed by atoms with E-state index in [-0.39, 0.29) is 0 Å². The first-order valence-electron chi connectivity index (χ1n) is 5.65. The van der Waals surface area contributed by atoms with Gasteiger partial charge >= 0.3 is 0 Å². The van der Waals surface area contributed by atoms with Crippen molar-refractivity contribution in [1.29, 1.82) is 0 Å². The van der Waals surface area contributed by atoms with Gasteiger partial charge in [-0.15, -0.1) is 0 Å².